The monoisotopic (exact) mass is 587 g/mol. The van der Waals surface area contributed by atoms with Crippen LogP contribution in [0.2, 0.25) is 5.02 Å². The molecule has 1 aromatic carbocycles. The second-order valence-corrected chi connectivity index (χ2v) is 10.0. The fraction of sp³-hybridized carbons (Fsp3) is 0.231. The highest BCUT2D eigenvalue weighted by Gasteiger charge is 2.42. The molecule has 5 heterocycles. The lowest BCUT2D eigenvalue weighted by atomic mass is 9.92. The molecule has 210 valence electrons. The van der Waals surface area contributed by atoms with Crippen LogP contribution in [0.15, 0.2) is 48.9 Å². The van der Waals surface area contributed by atoms with Crippen molar-refractivity contribution in [2.75, 3.05) is 0 Å². The highest BCUT2D eigenvalue weighted by molar-refractivity contribution is 6.30. The van der Waals surface area contributed by atoms with Gasteiger partial charge in [-0.2, -0.15) is 13.2 Å². The molecule has 3 aromatic heterocycles. The number of imidazole rings is 1. The lowest BCUT2D eigenvalue weighted by Crippen LogP contribution is -2.39. The summed E-state index contributed by atoms with van der Waals surface area (Å²) in [5.74, 6) is -2.43. The average Bonchev–Trinajstić information content (AvgIpc) is 3.68. The van der Waals surface area contributed by atoms with Gasteiger partial charge in [-0.3, -0.25) is 4.79 Å². The number of pyridine rings is 1. The summed E-state index contributed by atoms with van der Waals surface area (Å²) < 4.78 is 55.1. The number of aromatic amines is 1. The van der Waals surface area contributed by atoms with E-state index >= 15 is 0 Å². The normalized spacial score (nSPS) is 18.9. The number of benzene rings is 1. The topological polar surface area (TPSA) is 130 Å². The molecule has 4 aromatic rings. The van der Waals surface area contributed by atoms with Crippen molar-refractivity contribution < 1.29 is 32.3 Å². The zero-order chi connectivity index (χ0) is 29.1. The molecule has 0 saturated carbocycles. The molecule has 41 heavy (non-hydrogen) atoms. The Morgan fingerprint density at radius 1 is 1.15 bits per heavy atom. The molecule has 0 unspecified atom stereocenters. The minimum atomic E-state index is -4.67. The molecule has 2 aliphatic heterocycles. The number of carbonyl (C=O) groups excluding carboxylic acids is 1. The van der Waals surface area contributed by atoms with Crippen molar-refractivity contribution in [3.05, 3.63) is 82.5 Å². The first-order chi connectivity index (χ1) is 19.5. The van der Waals surface area contributed by atoms with E-state index in [0.717, 1.165) is 10.9 Å². The first-order valence-corrected chi connectivity index (χ1v) is 12.6. The molecule has 1 saturated heterocycles. The number of alkyl halides is 3. The van der Waals surface area contributed by atoms with Crippen LogP contribution in [0.3, 0.4) is 0 Å². The number of carbonyl (C=O) groups is 2. The zero-order valence-electron chi connectivity index (χ0n) is 20.7. The maximum absolute atomic E-state index is 14.7. The number of H-pyrrole nitrogens is 1. The Bertz CT molecular complexity index is 1730. The smallest absolute Gasteiger partial charge is 0.436 e. The minimum Gasteiger partial charge on any atom is -0.476 e. The number of carboxylic acid groups (broad SMARTS) is 1. The number of aromatic carboxylic acids is 1. The van der Waals surface area contributed by atoms with Gasteiger partial charge in [-0.15, -0.1) is 5.10 Å². The number of hydrogen-bond donors (Lipinski definition) is 2. The molecule has 2 atom stereocenters. The lowest BCUT2D eigenvalue weighted by Gasteiger charge is -2.33. The second-order valence-electron chi connectivity index (χ2n) is 9.58. The van der Waals surface area contributed by atoms with E-state index in [0.29, 0.717) is 41.2 Å². The number of carboxylic acids is 1. The van der Waals surface area contributed by atoms with E-state index in [1.807, 2.05) is 0 Å². The van der Waals surface area contributed by atoms with Crippen LogP contribution >= 0.6 is 11.6 Å². The summed E-state index contributed by atoms with van der Waals surface area (Å²) in [6.07, 6.45) is 1.61. The van der Waals surface area contributed by atoms with E-state index in [9.17, 15) is 27.2 Å². The Kier molecular flexibility index (Phi) is 6.36. The Balaban J connectivity index is 1.30. The number of rotatable bonds is 5. The van der Waals surface area contributed by atoms with Gasteiger partial charge in [0.25, 0.3) is 0 Å². The summed E-state index contributed by atoms with van der Waals surface area (Å²) in [4.78, 5) is 37.3. The van der Waals surface area contributed by atoms with Crippen molar-refractivity contribution >= 4 is 29.1 Å². The number of amides is 1. The maximum Gasteiger partial charge on any atom is 0.436 e. The predicted molar refractivity (Wildman–Crippen MR) is 135 cm³/mol. The fourth-order valence-electron chi connectivity index (χ4n) is 5.33. The number of nitrogens with zero attached hydrogens (tertiary/aromatic N) is 6. The summed E-state index contributed by atoms with van der Waals surface area (Å²) in [6, 6.07) is 5.22. The maximum atomic E-state index is 14.7. The van der Waals surface area contributed by atoms with E-state index in [1.54, 1.807) is 11.0 Å². The number of halogens is 5. The van der Waals surface area contributed by atoms with Crippen molar-refractivity contribution in [3.8, 4) is 16.9 Å². The van der Waals surface area contributed by atoms with Crippen LogP contribution < -0.4 is 0 Å². The third kappa shape index (κ3) is 4.73. The van der Waals surface area contributed by atoms with Gasteiger partial charge in [0.15, 0.2) is 17.2 Å². The summed E-state index contributed by atoms with van der Waals surface area (Å²) in [5, 5.41) is 16.4. The standard InChI is InChI=1S/C26H18ClF4N7O3/c27-13-1-3-18(37-11-20(35-36-37)26(29,30)31)16(9-13)12-7-14-2-4-19(38(14)21(39)8-12)24-33-10-17(34-24)15-5-6-32-23(22(15)28)25(40)41/h1,3,5-6,8-11,14,19H,2,4,7H2,(H,33,34)(H,40,41)/t14-,19+/m1/s1. The Morgan fingerprint density at radius 3 is 2.68 bits per heavy atom. The number of hydrogen-bond acceptors (Lipinski definition) is 6. The molecule has 6 rings (SSSR count). The highest BCUT2D eigenvalue weighted by Crippen LogP contribution is 2.43. The molecule has 0 aliphatic carbocycles. The molecule has 1 fully saturated rings. The molecular weight excluding hydrogens is 570 g/mol. The quantitative estimate of drug-likeness (QED) is 0.311. The summed E-state index contributed by atoms with van der Waals surface area (Å²) in [7, 11) is 0. The third-order valence-electron chi connectivity index (χ3n) is 7.14. The van der Waals surface area contributed by atoms with Crippen LogP contribution in [0.4, 0.5) is 17.6 Å². The molecule has 0 bridgehead atoms. The van der Waals surface area contributed by atoms with Gasteiger partial charge < -0.3 is 15.0 Å². The van der Waals surface area contributed by atoms with Gasteiger partial charge >= 0.3 is 12.1 Å². The summed E-state index contributed by atoms with van der Waals surface area (Å²) in [5.41, 5.74) is -0.330. The van der Waals surface area contributed by atoms with Gasteiger partial charge in [-0.25, -0.2) is 23.8 Å². The van der Waals surface area contributed by atoms with Crippen LogP contribution in [-0.4, -0.2) is 57.9 Å². The van der Waals surface area contributed by atoms with Crippen LogP contribution in [0.1, 0.15) is 52.9 Å². The average molecular weight is 588 g/mol. The Labute approximate surface area is 233 Å². The van der Waals surface area contributed by atoms with Crippen LogP contribution in [0, 0.1) is 5.82 Å². The van der Waals surface area contributed by atoms with Crippen LogP contribution in [0.5, 0.6) is 0 Å². The van der Waals surface area contributed by atoms with E-state index in [2.05, 4.69) is 25.3 Å². The molecule has 0 radical (unpaired) electrons. The van der Waals surface area contributed by atoms with Gasteiger partial charge in [-0.05, 0) is 49.1 Å². The second kappa shape index (κ2) is 9.80. The molecule has 2 N–H and O–H groups in total. The van der Waals surface area contributed by atoms with Crippen molar-refractivity contribution in [2.45, 2.75) is 37.5 Å². The van der Waals surface area contributed by atoms with Gasteiger partial charge in [-0.1, -0.05) is 16.8 Å². The minimum absolute atomic E-state index is 0.0203. The van der Waals surface area contributed by atoms with Crippen molar-refractivity contribution in [3.63, 3.8) is 0 Å². The van der Waals surface area contributed by atoms with Crippen molar-refractivity contribution in [2.24, 2.45) is 0 Å². The van der Waals surface area contributed by atoms with Gasteiger partial charge in [0.05, 0.1) is 29.8 Å². The fourth-order valence-corrected chi connectivity index (χ4v) is 5.50. The van der Waals surface area contributed by atoms with Gasteiger partial charge in [0.2, 0.25) is 5.91 Å². The van der Waals surface area contributed by atoms with Crippen LogP contribution in [-0.2, 0) is 11.0 Å². The van der Waals surface area contributed by atoms with E-state index in [4.69, 9.17) is 16.7 Å². The molecule has 0 spiro atoms. The lowest BCUT2D eigenvalue weighted by molar-refractivity contribution is -0.141. The Hall–Kier alpha value is -4.59. The van der Waals surface area contributed by atoms with E-state index in [-0.39, 0.29) is 28.9 Å². The molecular formula is C26H18ClF4N7O3. The predicted octanol–water partition coefficient (Wildman–Crippen LogP) is 5.08. The van der Waals surface area contributed by atoms with Crippen molar-refractivity contribution in [1.82, 2.24) is 34.8 Å². The number of aromatic nitrogens is 6. The summed E-state index contributed by atoms with van der Waals surface area (Å²) in [6.45, 7) is 0. The highest BCUT2D eigenvalue weighted by atomic mass is 35.5. The van der Waals surface area contributed by atoms with E-state index in [1.165, 1.54) is 36.7 Å². The first kappa shape index (κ1) is 26.6. The van der Waals surface area contributed by atoms with Gasteiger partial charge in [0.1, 0.15) is 5.82 Å². The van der Waals surface area contributed by atoms with Crippen molar-refractivity contribution in [1.29, 1.82) is 0 Å². The molecule has 2 aliphatic rings. The zero-order valence-corrected chi connectivity index (χ0v) is 21.5. The summed E-state index contributed by atoms with van der Waals surface area (Å²) >= 11 is 6.22. The SMILES string of the molecule is O=C(O)c1nccc(-c2cnc([C@@H]3CC[C@@H]4CC(c5cc(Cl)ccc5-n5cc(C(F)(F)F)nn5)=CC(=O)N43)[nH]2)c1F. The number of fused-ring (bicyclic) bond motifs is 1. The van der Waals surface area contributed by atoms with E-state index < -0.39 is 35.4 Å². The first-order valence-electron chi connectivity index (χ1n) is 12.3. The largest absolute Gasteiger partial charge is 0.476 e. The Morgan fingerprint density at radius 2 is 1.95 bits per heavy atom. The van der Waals surface area contributed by atoms with Gasteiger partial charge in [0, 0.05) is 34.5 Å². The third-order valence-corrected chi connectivity index (χ3v) is 7.37. The molecule has 1 amide bonds. The number of nitrogens with one attached hydrogen (secondary N) is 1. The molecule has 10 nitrogen and oxygen atoms in total. The molecule has 15 heteroatoms. The van der Waals surface area contributed by atoms with Crippen LogP contribution in [0.25, 0.3) is 22.5 Å².